The van der Waals surface area contributed by atoms with Crippen molar-refractivity contribution in [3.8, 4) is 0 Å². The normalized spacial score (nSPS) is 10.8. The average Bonchev–Trinajstić information content (AvgIpc) is 2.06. The van der Waals surface area contributed by atoms with Gasteiger partial charge < -0.3 is 9.47 Å². The van der Waals surface area contributed by atoms with Gasteiger partial charge in [-0.3, -0.25) is 4.79 Å². The van der Waals surface area contributed by atoms with Gasteiger partial charge >= 0.3 is 0 Å². The van der Waals surface area contributed by atoms with Gasteiger partial charge in [0.05, 0.1) is 5.02 Å². The zero-order chi connectivity index (χ0) is 9.84. The number of aromatic nitrogens is 1. The van der Waals surface area contributed by atoms with E-state index in [-0.39, 0.29) is 5.56 Å². The van der Waals surface area contributed by atoms with E-state index in [1.807, 2.05) is 19.0 Å². The lowest BCUT2D eigenvalue weighted by atomic mass is 10.4. The number of hydrogen-bond acceptors (Lipinski definition) is 2. The molecule has 0 aliphatic rings. The highest BCUT2D eigenvalue weighted by Gasteiger charge is 1.97. The van der Waals surface area contributed by atoms with E-state index in [4.69, 9.17) is 11.6 Å². The summed E-state index contributed by atoms with van der Waals surface area (Å²) in [6, 6.07) is 3.09. The summed E-state index contributed by atoms with van der Waals surface area (Å²) in [7, 11) is 3.94. The smallest absolute Gasteiger partial charge is 0.250 e. The summed E-state index contributed by atoms with van der Waals surface area (Å²) < 4.78 is 1.61. The molecule has 0 aliphatic heterocycles. The Kier molecular flexibility index (Phi) is 3.51. The maximum Gasteiger partial charge on any atom is 0.250 e. The molecular formula is C9H13ClN2O. The number of pyridine rings is 1. The second-order valence-corrected chi connectivity index (χ2v) is 3.62. The van der Waals surface area contributed by atoms with E-state index in [1.165, 1.54) is 6.07 Å². The first-order chi connectivity index (χ1) is 6.09. The molecule has 0 aromatic carbocycles. The van der Waals surface area contributed by atoms with Crippen LogP contribution in [0.4, 0.5) is 0 Å². The minimum atomic E-state index is -0.00810. The van der Waals surface area contributed by atoms with Crippen molar-refractivity contribution in [3.05, 3.63) is 33.7 Å². The summed E-state index contributed by atoms with van der Waals surface area (Å²) in [6.07, 6.45) is 1.66. The van der Waals surface area contributed by atoms with Gasteiger partial charge in [-0.15, -0.1) is 0 Å². The van der Waals surface area contributed by atoms with Crippen molar-refractivity contribution in [2.24, 2.45) is 0 Å². The Morgan fingerprint density at radius 3 is 2.77 bits per heavy atom. The SMILES string of the molecule is CN(C)CCn1cc(Cl)ccc1=O. The fraction of sp³-hybridized carbons (Fsp3) is 0.444. The van der Waals surface area contributed by atoms with Crippen LogP contribution in [0.25, 0.3) is 0 Å². The molecule has 0 unspecified atom stereocenters. The Labute approximate surface area is 82.5 Å². The van der Waals surface area contributed by atoms with E-state index in [0.29, 0.717) is 11.6 Å². The second kappa shape index (κ2) is 4.44. The number of rotatable bonds is 3. The van der Waals surface area contributed by atoms with Crippen LogP contribution in [-0.2, 0) is 6.54 Å². The molecule has 0 amide bonds. The second-order valence-electron chi connectivity index (χ2n) is 3.18. The van der Waals surface area contributed by atoms with Crippen molar-refractivity contribution in [2.45, 2.75) is 6.54 Å². The van der Waals surface area contributed by atoms with Gasteiger partial charge in [-0.05, 0) is 20.2 Å². The fourth-order valence-corrected chi connectivity index (χ4v) is 1.17. The van der Waals surface area contributed by atoms with Crippen LogP contribution in [-0.4, -0.2) is 30.1 Å². The van der Waals surface area contributed by atoms with Crippen LogP contribution >= 0.6 is 11.6 Å². The van der Waals surface area contributed by atoms with Gasteiger partial charge in [0.25, 0.3) is 5.56 Å². The number of likely N-dealkylation sites (N-methyl/N-ethyl adjacent to an activating group) is 1. The van der Waals surface area contributed by atoms with Crippen LogP contribution in [0.2, 0.25) is 5.02 Å². The molecule has 13 heavy (non-hydrogen) atoms. The fourth-order valence-electron chi connectivity index (χ4n) is 0.985. The lowest BCUT2D eigenvalue weighted by Gasteiger charge is -2.10. The molecule has 1 heterocycles. The molecule has 0 saturated heterocycles. The third kappa shape index (κ3) is 3.20. The van der Waals surface area contributed by atoms with Crippen LogP contribution in [0.1, 0.15) is 0 Å². The van der Waals surface area contributed by atoms with Gasteiger partial charge in [-0.25, -0.2) is 0 Å². The molecule has 0 saturated carbocycles. The summed E-state index contributed by atoms with van der Waals surface area (Å²) in [5.41, 5.74) is -0.00810. The van der Waals surface area contributed by atoms with Gasteiger partial charge in [0, 0.05) is 25.4 Å². The van der Waals surface area contributed by atoms with Crippen LogP contribution in [0.3, 0.4) is 0 Å². The molecule has 0 radical (unpaired) electrons. The third-order valence-electron chi connectivity index (χ3n) is 1.74. The highest BCUT2D eigenvalue weighted by Crippen LogP contribution is 2.02. The van der Waals surface area contributed by atoms with Crippen molar-refractivity contribution < 1.29 is 0 Å². The third-order valence-corrected chi connectivity index (χ3v) is 1.96. The molecule has 1 aromatic rings. The predicted octanol–water partition coefficient (Wildman–Crippen LogP) is 1.06. The Morgan fingerprint density at radius 1 is 1.46 bits per heavy atom. The summed E-state index contributed by atoms with van der Waals surface area (Å²) in [5.74, 6) is 0. The van der Waals surface area contributed by atoms with E-state index < -0.39 is 0 Å². The summed E-state index contributed by atoms with van der Waals surface area (Å²) >= 11 is 5.76. The zero-order valence-electron chi connectivity index (χ0n) is 7.83. The minimum Gasteiger partial charge on any atom is -0.313 e. The Hall–Kier alpha value is -0.800. The number of halogens is 1. The molecule has 4 heteroatoms. The molecule has 0 spiro atoms. The summed E-state index contributed by atoms with van der Waals surface area (Å²) in [4.78, 5) is 13.3. The molecule has 72 valence electrons. The molecule has 3 nitrogen and oxygen atoms in total. The predicted molar refractivity (Wildman–Crippen MR) is 54.3 cm³/mol. The number of nitrogens with zero attached hydrogens (tertiary/aromatic N) is 2. The first kappa shape index (κ1) is 10.3. The lowest BCUT2D eigenvalue weighted by Crippen LogP contribution is -2.25. The number of hydrogen-bond donors (Lipinski definition) is 0. The standard InChI is InChI=1S/C9H13ClN2O/c1-11(2)5-6-12-7-8(10)3-4-9(12)13/h3-4,7H,5-6H2,1-2H3. The zero-order valence-corrected chi connectivity index (χ0v) is 8.58. The van der Waals surface area contributed by atoms with Crippen LogP contribution in [0.5, 0.6) is 0 Å². The van der Waals surface area contributed by atoms with Crippen molar-refractivity contribution >= 4 is 11.6 Å². The highest BCUT2D eigenvalue weighted by molar-refractivity contribution is 6.30. The van der Waals surface area contributed by atoms with Gasteiger partial charge in [0.1, 0.15) is 0 Å². The molecule has 1 rings (SSSR count). The van der Waals surface area contributed by atoms with Gasteiger partial charge in [0.2, 0.25) is 0 Å². The van der Waals surface area contributed by atoms with Crippen LogP contribution < -0.4 is 5.56 Å². The maximum absolute atomic E-state index is 11.3. The molecule has 1 aromatic heterocycles. The topological polar surface area (TPSA) is 25.2 Å². The van der Waals surface area contributed by atoms with Gasteiger partial charge in [0.15, 0.2) is 0 Å². The Morgan fingerprint density at radius 2 is 2.15 bits per heavy atom. The molecule has 0 fully saturated rings. The quantitative estimate of drug-likeness (QED) is 0.729. The molecule has 0 atom stereocenters. The van der Waals surface area contributed by atoms with E-state index in [1.54, 1.807) is 16.8 Å². The molecule has 0 aliphatic carbocycles. The van der Waals surface area contributed by atoms with Gasteiger partial charge in [-0.2, -0.15) is 0 Å². The lowest BCUT2D eigenvalue weighted by molar-refractivity contribution is 0.381. The van der Waals surface area contributed by atoms with Crippen LogP contribution in [0, 0.1) is 0 Å². The van der Waals surface area contributed by atoms with E-state index >= 15 is 0 Å². The first-order valence-electron chi connectivity index (χ1n) is 4.10. The average molecular weight is 201 g/mol. The monoisotopic (exact) mass is 200 g/mol. The Bertz CT molecular complexity index is 333. The Balaban J connectivity index is 2.76. The van der Waals surface area contributed by atoms with Crippen molar-refractivity contribution in [3.63, 3.8) is 0 Å². The van der Waals surface area contributed by atoms with Crippen molar-refractivity contribution in [2.75, 3.05) is 20.6 Å². The van der Waals surface area contributed by atoms with E-state index in [9.17, 15) is 4.79 Å². The summed E-state index contributed by atoms with van der Waals surface area (Å²) in [6.45, 7) is 1.51. The summed E-state index contributed by atoms with van der Waals surface area (Å²) in [5, 5.41) is 0.596. The molecule has 0 bridgehead atoms. The highest BCUT2D eigenvalue weighted by atomic mass is 35.5. The largest absolute Gasteiger partial charge is 0.313 e. The molecular weight excluding hydrogens is 188 g/mol. The van der Waals surface area contributed by atoms with Crippen molar-refractivity contribution in [1.29, 1.82) is 0 Å². The minimum absolute atomic E-state index is 0.00810. The van der Waals surface area contributed by atoms with Gasteiger partial charge in [-0.1, -0.05) is 11.6 Å². The van der Waals surface area contributed by atoms with E-state index in [0.717, 1.165) is 6.54 Å². The first-order valence-corrected chi connectivity index (χ1v) is 4.48. The van der Waals surface area contributed by atoms with Crippen molar-refractivity contribution in [1.82, 2.24) is 9.47 Å². The molecule has 0 N–H and O–H groups in total. The van der Waals surface area contributed by atoms with Crippen LogP contribution in [0.15, 0.2) is 23.1 Å². The van der Waals surface area contributed by atoms with E-state index in [2.05, 4.69) is 0 Å². The maximum atomic E-state index is 11.3.